The molecule has 1 nitrogen and oxygen atoms in total. The summed E-state index contributed by atoms with van der Waals surface area (Å²) in [6.07, 6.45) is 3.56. The van der Waals surface area contributed by atoms with E-state index in [1.165, 1.54) is 12.8 Å². The molecule has 2 rings (SSSR count). The molecule has 100 valence electrons. The van der Waals surface area contributed by atoms with Crippen LogP contribution in [0.25, 0.3) is 0 Å². The van der Waals surface area contributed by atoms with Crippen LogP contribution in [0.5, 0.6) is 0 Å². The van der Waals surface area contributed by atoms with E-state index in [0.717, 1.165) is 18.5 Å². The summed E-state index contributed by atoms with van der Waals surface area (Å²) >= 11 is 5.89. The van der Waals surface area contributed by atoms with E-state index in [4.69, 9.17) is 11.6 Å². The van der Waals surface area contributed by atoms with Gasteiger partial charge in [0.05, 0.1) is 5.02 Å². The average Bonchev–Trinajstić information content (AvgIpc) is 3.18. The van der Waals surface area contributed by atoms with E-state index in [1.54, 1.807) is 6.07 Å². The number of rotatable bonds is 6. The minimum Gasteiger partial charge on any atom is -0.313 e. The van der Waals surface area contributed by atoms with Gasteiger partial charge in [0.25, 0.3) is 0 Å². The lowest BCUT2D eigenvalue weighted by Gasteiger charge is -2.24. The van der Waals surface area contributed by atoms with Crippen LogP contribution in [0, 0.1) is 11.7 Å². The molecule has 2 unspecified atom stereocenters. The smallest absolute Gasteiger partial charge is 0.145 e. The number of nitrogens with one attached hydrogen (secondary N) is 1. The highest BCUT2D eigenvalue weighted by molar-refractivity contribution is 6.30. The first-order chi connectivity index (χ1) is 8.63. The van der Waals surface area contributed by atoms with E-state index < -0.39 is 0 Å². The van der Waals surface area contributed by atoms with Crippen molar-refractivity contribution < 1.29 is 4.39 Å². The molecule has 0 saturated heterocycles. The SMILES string of the molecule is CCC(C)C(CNC1CC1)c1cccc(Cl)c1F. The van der Waals surface area contributed by atoms with Gasteiger partial charge in [0, 0.05) is 18.5 Å². The van der Waals surface area contributed by atoms with E-state index >= 15 is 0 Å². The van der Waals surface area contributed by atoms with Crippen molar-refractivity contribution in [1.82, 2.24) is 5.32 Å². The summed E-state index contributed by atoms with van der Waals surface area (Å²) < 4.78 is 14.1. The molecule has 0 spiro atoms. The lowest BCUT2D eigenvalue weighted by Crippen LogP contribution is -2.27. The van der Waals surface area contributed by atoms with Gasteiger partial charge >= 0.3 is 0 Å². The van der Waals surface area contributed by atoms with Gasteiger partial charge in [0.1, 0.15) is 5.82 Å². The van der Waals surface area contributed by atoms with E-state index in [-0.39, 0.29) is 16.8 Å². The standard InChI is InChI=1S/C15H21ClFN/c1-3-10(2)13(9-18-11-7-8-11)12-5-4-6-14(16)15(12)17/h4-6,10-11,13,18H,3,7-9H2,1-2H3. The number of halogens is 2. The molecule has 0 amide bonds. The molecule has 0 heterocycles. The average molecular weight is 270 g/mol. The molecular weight excluding hydrogens is 249 g/mol. The fourth-order valence-corrected chi connectivity index (χ4v) is 2.47. The van der Waals surface area contributed by atoms with Crippen molar-refractivity contribution in [3.8, 4) is 0 Å². The minimum atomic E-state index is -0.248. The zero-order valence-electron chi connectivity index (χ0n) is 11.0. The predicted octanol–water partition coefficient (Wildman–Crippen LogP) is 4.36. The van der Waals surface area contributed by atoms with Gasteiger partial charge < -0.3 is 5.32 Å². The Balaban J connectivity index is 2.17. The minimum absolute atomic E-state index is 0.203. The van der Waals surface area contributed by atoms with Gasteiger partial charge in [-0.25, -0.2) is 4.39 Å². The van der Waals surface area contributed by atoms with Crippen molar-refractivity contribution in [3.63, 3.8) is 0 Å². The van der Waals surface area contributed by atoms with Crippen LogP contribution in [0.1, 0.15) is 44.6 Å². The Morgan fingerprint density at radius 3 is 2.78 bits per heavy atom. The normalized spacial score (nSPS) is 18.7. The molecule has 1 fully saturated rings. The van der Waals surface area contributed by atoms with Crippen LogP contribution in [0.3, 0.4) is 0 Å². The third kappa shape index (κ3) is 3.24. The molecule has 2 atom stereocenters. The topological polar surface area (TPSA) is 12.0 Å². The Labute approximate surface area is 114 Å². The third-order valence-corrected chi connectivity index (χ3v) is 4.21. The molecule has 1 N–H and O–H groups in total. The number of benzene rings is 1. The van der Waals surface area contributed by atoms with Crippen LogP contribution < -0.4 is 5.32 Å². The highest BCUT2D eigenvalue weighted by Crippen LogP contribution is 2.32. The lowest BCUT2D eigenvalue weighted by atomic mass is 9.85. The van der Waals surface area contributed by atoms with Gasteiger partial charge in [-0.15, -0.1) is 0 Å². The quantitative estimate of drug-likeness (QED) is 0.809. The molecule has 0 aliphatic heterocycles. The van der Waals surface area contributed by atoms with E-state index in [0.29, 0.717) is 12.0 Å². The summed E-state index contributed by atoms with van der Waals surface area (Å²) in [5, 5.41) is 3.74. The molecule has 0 bridgehead atoms. The van der Waals surface area contributed by atoms with E-state index in [2.05, 4.69) is 19.2 Å². The molecule has 3 heteroatoms. The van der Waals surface area contributed by atoms with Crippen LogP contribution in [-0.4, -0.2) is 12.6 Å². The van der Waals surface area contributed by atoms with Crippen molar-refractivity contribution in [1.29, 1.82) is 0 Å². The highest BCUT2D eigenvalue weighted by atomic mass is 35.5. The monoisotopic (exact) mass is 269 g/mol. The van der Waals surface area contributed by atoms with Crippen LogP contribution in [0.4, 0.5) is 4.39 Å². The molecule has 18 heavy (non-hydrogen) atoms. The van der Waals surface area contributed by atoms with Crippen molar-refractivity contribution in [2.45, 2.75) is 45.1 Å². The maximum absolute atomic E-state index is 14.1. The Morgan fingerprint density at radius 2 is 2.17 bits per heavy atom. The third-order valence-electron chi connectivity index (χ3n) is 3.92. The highest BCUT2D eigenvalue weighted by Gasteiger charge is 2.26. The first kappa shape index (κ1) is 13.8. The van der Waals surface area contributed by atoms with Crippen molar-refractivity contribution >= 4 is 11.6 Å². The van der Waals surface area contributed by atoms with Crippen molar-refractivity contribution in [2.24, 2.45) is 5.92 Å². The zero-order valence-corrected chi connectivity index (χ0v) is 11.8. The second-order valence-corrected chi connectivity index (χ2v) is 5.72. The Morgan fingerprint density at radius 1 is 1.44 bits per heavy atom. The van der Waals surface area contributed by atoms with Crippen LogP contribution in [-0.2, 0) is 0 Å². The predicted molar refractivity (Wildman–Crippen MR) is 74.6 cm³/mol. The molecule has 1 aromatic rings. The van der Waals surface area contributed by atoms with Crippen LogP contribution in [0.15, 0.2) is 18.2 Å². The fourth-order valence-electron chi connectivity index (χ4n) is 2.29. The van der Waals surface area contributed by atoms with Gasteiger partial charge in [-0.1, -0.05) is 44.0 Å². The van der Waals surface area contributed by atoms with Crippen molar-refractivity contribution in [2.75, 3.05) is 6.54 Å². The molecule has 1 aromatic carbocycles. The maximum Gasteiger partial charge on any atom is 0.145 e. The summed E-state index contributed by atoms with van der Waals surface area (Å²) in [6, 6.07) is 5.97. The number of hydrogen-bond donors (Lipinski definition) is 1. The van der Waals surface area contributed by atoms with Gasteiger partial charge in [0.15, 0.2) is 0 Å². The largest absolute Gasteiger partial charge is 0.313 e. The van der Waals surface area contributed by atoms with E-state index in [1.807, 2.05) is 12.1 Å². The summed E-state index contributed by atoms with van der Waals surface area (Å²) in [4.78, 5) is 0. The first-order valence-corrected chi connectivity index (χ1v) is 7.18. The summed E-state index contributed by atoms with van der Waals surface area (Å²) in [5.41, 5.74) is 0.755. The maximum atomic E-state index is 14.1. The zero-order chi connectivity index (χ0) is 13.1. The Kier molecular flexibility index (Phi) is 4.63. The van der Waals surface area contributed by atoms with Crippen LogP contribution >= 0.6 is 11.6 Å². The summed E-state index contributed by atoms with van der Waals surface area (Å²) in [5.74, 6) is 0.403. The van der Waals surface area contributed by atoms with Crippen LogP contribution in [0.2, 0.25) is 5.02 Å². The molecule has 1 aliphatic carbocycles. The second-order valence-electron chi connectivity index (χ2n) is 5.32. The fraction of sp³-hybridized carbons (Fsp3) is 0.600. The summed E-state index contributed by atoms with van der Waals surface area (Å²) in [6.45, 7) is 5.17. The lowest BCUT2D eigenvalue weighted by molar-refractivity contribution is 0.406. The molecular formula is C15H21ClFN. The van der Waals surface area contributed by atoms with Gasteiger partial charge in [-0.3, -0.25) is 0 Å². The van der Waals surface area contributed by atoms with Gasteiger partial charge in [-0.05, 0) is 30.4 Å². The summed E-state index contributed by atoms with van der Waals surface area (Å²) in [7, 11) is 0. The molecule has 1 saturated carbocycles. The first-order valence-electron chi connectivity index (χ1n) is 6.80. The van der Waals surface area contributed by atoms with Gasteiger partial charge in [0.2, 0.25) is 0 Å². The molecule has 0 aromatic heterocycles. The molecule has 1 aliphatic rings. The Bertz CT molecular complexity index is 403. The van der Waals surface area contributed by atoms with Gasteiger partial charge in [-0.2, -0.15) is 0 Å². The van der Waals surface area contributed by atoms with E-state index in [9.17, 15) is 4.39 Å². The molecule has 0 radical (unpaired) electrons. The van der Waals surface area contributed by atoms with Crippen molar-refractivity contribution in [3.05, 3.63) is 34.6 Å². The second kappa shape index (κ2) is 6.03. The number of hydrogen-bond acceptors (Lipinski definition) is 1. The Hall–Kier alpha value is -0.600.